The number of hydrogen-bond acceptors (Lipinski definition) is 4. The van der Waals surface area contributed by atoms with Crippen LogP contribution in [0.1, 0.15) is 38.5 Å². The van der Waals surface area contributed by atoms with Gasteiger partial charge in [-0.15, -0.1) is 0 Å². The monoisotopic (exact) mass is 318 g/mol. The molecule has 2 fully saturated rings. The second kappa shape index (κ2) is 7.40. The number of sulfonamides is 1. The summed E-state index contributed by atoms with van der Waals surface area (Å²) in [6.45, 7) is 4.94. The summed E-state index contributed by atoms with van der Waals surface area (Å²) in [6.07, 6.45) is 9.04. The molecule has 1 saturated carbocycles. The van der Waals surface area contributed by atoms with Gasteiger partial charge in [0.05, 0.1) is 6.26 Å². The molecule has 21 heavy (non-hydrogen) atoms. The van der Waals surface area contributed by atoms with Crippen LogP contribution in [-0.4, -0.2) is 70.3 Å². The highest BCUT2D eigenvalue weighted by atomic mass is 32.2. The highest BCUT2D eigenvalue weighted by Gasteiger charge is 2.35. The molecule has 2 aliphatic rings. The molecular weight excluding hydrogens is 288 g/mol. The Hall–Kier alpha value is -0.170. The molecule has 1 heterocycles. The molecule has 0 unspecified atom stereocenters. The third kappa shape index (κ3) is 4.91. The van der Waals surface area contributed by atoms with Gasteiger partial charge in [-0.3, -0.25) is 0 Å². The minimum absolute atomic E-state index is 0.390. The Morgan fingerprint density at radius 2 is 1.67 bits per heavy atom. The number of hydrogen-bond donors (Lipinski definition) is 0. The van der Waals surface area contributed by atoms with Gasteiger partial charge >= 0.3 is 0 Å². The van der Waals surface area contributed by atoms with Gasteiger partial charge < -0.3 is 9.64 Å². The lowest BCUT2D eigenvalue weighted by molar-refractivity contribution is 0.0494. The van der Waals surface area contributed by atoms with Crippen molar-refractivity contribution >= 4 is 10.0 Å². The molecule has 0 N–H and O–H groups in total. The Balaban J connectivity index is 1.89. The zero-order valence-corrected chi connectivity index (χ0v) is 14.3. The Labute approximate surface area is 129 Å². The van der Waals surface area contributed by atoms with E-state index in [1.165, 1.54) is 38.4 Å². The maximum atomic E-state index is 11.6. The van der Waals surface area contributed by atoms with Crippen LogP contribution >= 0.6 is 0 Å². The van der Waals surface area contributed by atoms with Crippen LogP contribution in [-0.2, 0) is 14.8 Å². The van der Waals surface area contributed by atoms with E-state index in [0.717, 1.165) is 32.7 Å². The van der Waals surface area contributed by atoms with Gasteiger partial charge in [0.2, 0.25) is 10.0 Å². The first kappa shape index (κ1) is 17.2. The minimum Gasteiger partial charge on any atom is -0.385 e. The lowest BCUT2D eigenvalue weighted by Gasteiger charge is -2.43. The van der Waals surface area contributed by atoms with Crippen LogP contribution < -0.4 is 0 Å². The van der Waals surface area contributed by atoms with E-state index in [-0.39, 0.29) is 0 Å². The zero-order valence-electron chi connectivity index (χ0n) is 13.5. The lowest BCUT2D eigenvalue weighted by atomic mass is 9.71. The summed E-state index contributed by atoms with van der Waals surface area (Å²) in [5.41, 5.74) is 0.390. The van der Waals surface area contributed by atoms with Crippen LogP contribution in [0.25, 0.3) is 0 Å². The lowest BCUT2D eigenvalue weighted by Crippen LogP contribution is -2.51. The SMILES string of the molecule is COCCC1(CN2CCN(S(C)(=O)=O)CC2)CCCCC1. The van der Waals surface area contributed by atoms with E-state index in [9.17, 15) is 8.42 Å². The van der Waals surface area contributed by atoms with Crippen molar-refractivity contribution in [2.75, 3.05) is 52.7 Å². The van der Waals surface area contributed by atoms with E-state index in [1.54, 1.807) is 11.4 Å². The van der Waals surface area contributed by atoms with Crippen molar-refractivity contribution in [1.29, 1.82) is 0 Å². The van der Waals surface area contributed by atoms with Crippen molar-refractivity contribution in [2.45, 2.75) is 38.5 Å². The maximum absolute atomic E-state index is 11.6. The van der Waals surface area contributed by atoms with E-state index in [0.29, 0.717) is 18.5 Å². The van der Waals surface area contributed by atoms with Crippen molar-refractivity contribution in [3.63, 3.8) is 0 Å². The average Bonchev–Trinajstić information content (AvgIpc) is 2.46. The molecular formula is C15H30N2O3S. The standard InChI is InChI=1S/C15H30N2O3S/c1-20-13-8-15(6-4-3-5-7-15)14-16-9-11-17(12-10-16)21(2,18)19/h3-14H2,1-2H3. The van der Waals surface area contributed by atoms with Crippen molar-refractivity contribution in [3.8, 4) is 0 Å². The fourth-order valence-corrected chi connectivity index (χ4v) is 4.63. The third-order valence-corrected chi connectivity index (χ3v) is 6.41. The molecule has 0 amide bonds. The fourth-order valence-electron chi connectivity index (χ4n) is 3.80. The topological polar surface area (TPSA) is 49.9 Å². The molecule has 0 spiro atoms. The van der Waals surface area contributed by atoms with Crippen molar-refractivity contribution in [2.24, 2.45) is 5.41 Å². The quantitative estimate of drug-likeness (QED) is 0.745. The molecule has 124 valence electrons. The number of nitrogens with zero attached hydrogens (tertiary/aromatic N) is 2. The minimum atomic E-state index is -3.03. The van der Waals surface area contributed by atoms with Gasteiger partial charge in [0.15, 0.2) is 0 Å². The van der Waals surface area contributed by atoms with Crippen LogP contribution in [0.15, 0.2) is 0 Å². The first-order valence-corrected chi connectivity index (χ1v) is 9.96. The van der Waals surface area contributed by atoms with Gasteiger partial charge in [0, 0.05) is 46.4 Å². The van der Waals surface area contributed by atoms with Crippen molar-refractivity contribution < 1.29 is 13.2 Å². The number of methoxy groups -OCH3 is 1. The highest BCUT2D eigenvalue weighted by molar-refractivity contribution is 7.88. The van der Waals surface area contributed by atoms with E-state index >= 15 is 0 Å². The summed E-state index contributed by atoms with van der Waals surface area (Å²) in [5.74, 6) is 0. The fraction of sp³-hybridized carbons (Fsp3) is 1.00. The summed E-state index contributed by atoms with van der Waals surface area (Å²) < 4.78 is 30.1. The van der Waals surface area contributed by atoms with Crippen LogP contribution in [0.3, 0.4) is 0 Å². The molecule has 1 aliphatic heterocycles. The van der Waals surface area contributed by atoms with Crippen molar-refractivity contribution in [3.05, 3.63) is 0 Å². The van der Waals surface area contributed by atoms with Gasteiger partial charge in [-0.2, -0.15) is 4.31 Å². The van der Waals surface area contributed by atoms with Gasteiger partial charge in [0.25, 0.3) is 0 Å². The molecule has 0 aromatic rings. The molecule has 0 atom stereocenters. The van der Waals surface area contributed by atoms with Gasteiger partial charge in [-0.05, 0) is 24.7 Å². The van der Waals surface area contributed by atoms with E-state index in [1.807, 2.05) is 0 Å². The van der Waals surface area contributed by atoms with Gasteiger partial charge in [-0.25, -0.2) is 8.42 Å². The molecule has 1 aliphatic carbocycles. The number of piperazine rings is 1. The third-order valence-electron chi connectivity index (χ3n) is 5.11. The summed E-state index contributed by atoms with van der Waals surface area (Å²) in [6, 6.07) is 0. The van der Waals surface area contributed by atoms with Crippen LogP contribution in [0, 0.1) is 5.41 Å². The van der Waals surface area contributed by atoms with Crippen LogP contribution in [0.2, 0.25) is 0 Å². The molecule has 6 heteroatoms. The molecule has 5 nitrogen and oxygen atoms in total. The van der Waals surface area contributed by atoms with Crippen LogP contribution in [0.5, 0.6) is 0 Å². The predicted octanol–water partition coefficient (Wildman–Crippen LogP) is 1.55. The summed E-state index contributed by atoms with van der Waals surface area (Å²) in [7, 11) is -1.25. The van der Waals surface area contributed by atoms with Gasteiger partial charge in [0.1, 0.15) is 0 Å². The molecule has 2 rings (SSSR count). The second-order valence-corrected chi connectivity index (χ2v) is 8.72. The van der Waals surface area contributed by atoms with E-state index in [4.69, 9.17) is 4.74 Å². The number of rotatable bonds is 6. The smallest absolute Gasteiger partial charge is 0.211 e. The Morgan fingerprint density at radius 1 is 1.05 bits per heavy atom. The van der Waals surface area contributed by atoms with E-state index < -0.39 is 10.0 Å². The molecule has 0 aromatic carbocycles. The summed E-state index contributed by atoms with van der Waals surface area (Å²) >= 11 is 0. The Kier molecular flexibility index (Phi) is 6.05. The first-order chi connectivity index (χ1) is 9.95. The average molecular weight is 318 g/mol. The second-order valence-electron chi connectivity index (χ2n) is 6.74. The largest absolute Gasteiger partial charge is 0.385 e. The zero-order chi connectivity index (χ0) is 15.3. The summed E-state index contributed by atoms with van der Waals surface area (Å²) in [5, 5.41) is 0. The normalized spacial score (nSPS) is 25.0. The Morgan fingerprint density at radius 3 is 2.19 bits per heavy atom. The molecule has 0 radical (unpaired) electrons. The van der Waals surface area contributed by atoms with Crippen molar-refractivity contribution in [1.82, 2.24) is 9.21 Å². The Bertz CT molecular complexity index is 411. The van der Waals surface area contributed by atoms with E-state index in [2.05, 4.69) is 4.90 Å². The number of ether oxygens (including phenoxy) is 1. The highest BCUT2D eigenvalue weighted by Crippen LogP contribution is 2.40. The maximum Gasteiger partial charge on any atom is 0.211 e. The van der Waals surface area contributed by atoms with Gasteiger partial charge in [-0.1, -0.05) is 19.3 Å². The first-order valence-electron chi connectivity index (χ1n) is 8.12. The molecule has 0 aromatic heterocycles. The van der Waals surface area contributed by atoms with Crippen LogP contribution in [0.4, 0.5) is 0 Å². The molecule has 0 bridgehead atoms. The molecule has 1 saturated heterocycles. The summed E-state index contributed by atoms with van der Waals surface area (Å²) in [4.78, 5) is 2.46. The predicted molar refractivity (Wildman–Crippen MR) is 84.9 cm³/mol.